The van der Waals surface area contributed by atoms with Crippen molar-refractivity contribution in [3.05, 3.63) is 152 Å². The van der Waals surface area contributed by atoms with Crippen molar-refractivity contribution < 1.29 is 0 Å². The van der Waals surface area contributed by atoms with Gasteiger partial charge in [-0.05, 0) is 91.0 Å². The minimum Gasteiger partial charge on any atom is -0.308 e. The molecule has 2 heterocycles. The molecule has 2 aromatic heterocycles. The van der Waals surface area contributed by atoms with Gasteiger partial charge in [-0.1, -0.05) is 115 Å². The summed E-state index contributed by atoms with van der Waals surface area (Å²) in [6.07, 6.45) is 0. The van der Waals surface area contributed by atoms with E-state index in [1.54, 1.807) is 0 Å². The normalized spacial score (nSPS) is 12.2. The Kier molecular flexibility index (Phi) is 4.51. The van der Waals surface area contributed by atoms with Crippen LogP contribution in [0.1, 0.15) is 0 Å². The third-order valence-electron chi connectivity index (χ3n) is 9.48. The van der Waals surface area contributed by atoms with Crippen LogP contribution in [0.4, 0.5) is 0 Å². The van der Waals surface area contributed by atoms with Gasteiger partial charge in [0, 0.05) is 21.5 Å². The molecule has 0 N–H and O–H groups in total. The molecule has 1 heteroatoms. The number of fused-ring (bicyclic) bond motifs is 12. The van der Waals surface area contributed by atoms with Gasteiger partial charge in [0.1, 0.15) is 0 Å². The maximum Gasteiger partial charge on any atom is 0.0620 e. The van der Waals surface area contributed by atoms with Crippen molar-refractivity contribution in [2.24, 2.45) is 0 Å². The van der Waals surface area contributed by atoms with E-state index in [1.807, 2.05) is 0 Å². The molecule has 0 unspecified atom stereocenters. The van der Waals surface area contributed by atoms with Crippen LogP contribution in [-0.2, 0) is 0 Å². The van der Waals surface area contributed by atoms with Crippen molar-refractivity contribution in [3.8, 4) is 22.3 Å². The summed E-state index contributed by atoms with van der Waals surface area (Å²) in [5.74, 6) is 0. The highest BCUT2D eigenvalue weighted by Crippen LogP contribution is 2.42. The average Bonchev–Trinajstić information content (AvgIpc) is 3.60. The molecule has 0 aliphatic heterocycles. The standard InChI is InChI=1S/C42H25N/c1-2-14-32-30(12-1)31-13-3-4-15-33(31)37-23-28(20-21-34(32)37)26-10-9-11-27(22-26)29-24-38-35-16-5-7-18-40(35)43-41-19-8-6-17-36(41)39(25-29)42(38)43/h1-25H. The molecule has 0 fully saturated rings. The number of benzene rings is 8. The highest BCUT2D eigenvalue weighted by atomic mass is 14.9. The maximum absolute atomic E-state index is 2.44. The lowest BCUT2D eigenvalue weighted by molar-refractivity contribution is 1.37. The van der Waals surface area contributed by atoms with Gasteiger partial charge >= 0.3 is 0 Å². The minimum atomic E-state index is 1.23. The molecule has 1 nitrogen and oxygen atoms in total. The van der Waals surface area contributed by atoms with Crippen molar-refractivity contribution >= 4 is 70.4 Å². The van der Waals surface area contributed by atoms with Crippen LogP contribution in [0.2, 0.25) is 0 Å². The zero-order chi connectivity index (χ0) is 28.1. The lowest BCUT2D eigenvalue weighted by atomic mass is 9.91. The predicted octanol–water partition coefficient (Wildman–Crippen LogP) is 11.6. The second kappa shape index (κ2) is 8.44. The Morgan fingerprint density at radius 1 is 0.256 bits per heavy atom. The molecule has 0 saturated heterocycles. The average molecular weight is 544 g/mol. The van der Waals surface area contributed by atoms with E-state index in [4.69, 9.17) is 0 Å². The number of rotatable bonds is 2. The molecule has 0 atom stereocenters. The van der Waals surface area contributed by atoms with Crippen molar-refractivity contribution in [3.63, 3.8) is 0 Å². The van der Waals surface area contributed by atoms with Crippen molar-refractivity contribution in [2.75, 3.05) is 0 Å². The van der Waals surface area contributed by atoms with Gasteiger partial charge in [0.2, 0.25) is 0 Å². The molecule has 10 aromatic rings. The van der Waals surface area contributed by atoms with Crippen LogP contribution >= 0.6 is 0 Å². The molecular weight excluding hydrogens is 518 g/mol. The maximum atomic E-state index is 2.44. The largest absolute Gasteiger partial charge is 0.308 e. The van der Waals surface area contributed by atoms with E-state index in [-0.39, 0.29) is 0 Å². The second-order valence-corrected chi connectivity index (χ2v) is 11.7. The van der Waals surface area contributed by atoms with E-state index >= 15 is 0 Å². The molecule has 0 saturated carbocycles. The van der Waals surface area contributed by atoms with Crippen LogP contribution in [0.15, 0.2) is 152 Å². The molecule has 0 bridgehead atoms. The summed E-state index contributed by atoms with van der Waals surface area (Å²) in [6, 6.07) is 56.0. The third kappa shape index (κ3) is 3.11. The second-order valence-electron chi connectivity index (χ2n) is 11.7. The highest BCUT2D eigenvalue weighted by molar-refractivity contribution is 6.26. The summed E-state index contributed by atoms with van der Waals surface area (Å²) in [5, 5.41) is 13.1. The van der Waals surface area contributed by atoms with E-state index in [0.717, 1.165) is 0 Å². The zero-order valence-electron chi connectivity index (χ0n) is 23.4. The number of aromatic nitrogens is 1. The number of para-hydroxylation sites is 2. The first-order valence-corrected chi connectivity index (χ1v) is 14.9. The molecule has 8 aromatic carbocycles. The Labute approximate surface area is 248 Å². The first kappa shape index (κ1) is 23.0. The molecular formula is C42H25N. The van der Waals surface area contributed by atoms with Crippen LogP contribution in [0.3, 0.4) is 0 Å². The van der Waals surface area contributed by atoms with Gasteiger partial charge in [-0.2, -0.15) is 0 Å². The summed E-state index contributed by atoms with van der Waals surface area (Å²) >= 11 is 0. The Morgan fingerprint density at radius 3 is 1.26 bits per heavy atom. The monoisotopic (exact) mass is 543 g/mol. The van der Waals surface area contributed by atoms with Gasteiger partial charge in [0.05, 0.1) is 16.6 Å². The Morgan fingerprint density at radius 2 is 0.674 bits per heavy atom. The number of hydrogen-bond donors (Lipinski definition) is 0. The summed E-state index contributed by atoms with van der Waals surface area (Å²) in [5.41, 5.74) is 8.81. The summed E-state index contributed by atoms with van der Waals surface area (Å²) in [4.78, 5) is 0. The van der Waals surface area contributed by atoms with Crippen LogP contribution in [0.25, 0.3) is 92.7 Å². The quantitative estimate of drug-likeness (QED) is 0.191. The van der Waals surface area contributed by atoms with E-state index in [1.165, 1.54) is 92.7 Å². The van der Waals surface area contributed by atoms with Crippen LogP contribution in [-0.4, -0.2) is 4.40 Å². The summed E-state index contributed by atoms with van der Waals surface area (Å²) in [7, 11) is 0. The fraction of sp³-hybridized carbons (Fsp3) is 0. The SMILES string of the molecule is c1cc(-c2ccc3c4ccccc4c4ccccc4c3c2)cc(-c2cc3c4ccccc4n4c5ccccc5c(c2)c34)c1. The van der Waals surface area contributed by atoms with Crippen LogP contribution in [0.5, 0.6) is 0 Å². The van der Waals surface area contributed by atoms with E-state index in [9.17, 15) is 0 Å². The first-order valence-electron chi connectivity index (χ1n) is 14.9. The fourth-order valence-corrected chi connectivity index (χ4v) is 7.58. The van der Waals surface area contributed by atoms with Gasteiger partial charge in [-0.3, -0.25) is 0 Å². The zero-order valence-corrected chi connectivity index (χ0v) is 23.4. The third-order valence-corrected chi connectivity index (χ3v) is 9.48. The van der Waals surface area contributed by atoms with Gasteiger partial charge in [0.15, 0.2) is 0 Å². The molecule has 198 valence electrons. The van der Waals surface area contributed by atoms with Gasteiger partial charge in [0.25, 0.3) is 0 Å². The van der Waals surface area contributed by atoms with Crippen molar-refractivity contribution in [2.45, 2.75) is 0 Å². The molecule has 10 rings (SSSR count). The number of nitrogens with zero attached hydrogens (tertiary/aromatic N) is 1. The first-order chi connectivity index (χ1) is 21.3. The fourth-order valence-electron chi connectivity index (χ4n) is 7.58. The summed E-state index contributed by atoms with van der Waals surface area (Å²) < 4.78 is 2.44. The lowest BCUT2D eigenvalue weighted by Gasteiger charge is -2.12. The smallest absolute Gasteiger partial charge is 0.0620 e. The number of hydrogen-bond acceptors (Lipinski definition) is 0. The van der Waals surface area contributed by atoms with E-state index in [0.29, 0.717) is 0 Å². The molecule has 0 amide bonds. The molecule has 0 radical (unpaired) electrons. The van der Waals surface area contributed by atoms with E-state index in [2.05, 4.69) is 156 Å². The Hall–Kier alpha value is -5.66. The van der Waals surface area contributed by atoms with Crippen LogP contribution < -0.4 is 0 Å². The minimum absolute atomic E-state index is 1.23. The van der Waals surface area contributed by atoms with E-state index < -0.39 is 0 Å². The molecule has 0 aliphatic carbocycles. The van der Waals surface area contributed by atoms with Crippen molar-refractivity contribution in [1.82, 2.24) is 4.40 Å². The van der Waals surface area contributed by atoms with Gasteiger partial charge in [-0.15, -0.1) is 0 Å². The van der Waals surface area contributed by atoms with Gasteiger partial charge < -0.3 is 4.40 Å². The lowest BCUT2D eigenvalue weighted by Crippen LogP contribution is -1.86. The highest BCUT2D eigenvalue weighted by Gasteiger charge is 2.18. The predicted molar refractivity (Wildman–Crippen MR) is 184 cm³/mol. The topological polar surface area (TPSA) is 4.41 Å². The Balaban J connectivity index is 1.21. The molecule has 0 aliphatic rings. The Bertz CT molecular complexity index is 2610. The molecule has 0 spiro atoms. The van der Waals surface area contributed by atoms with Crippen LogP contribution in [0, 0.1) is 0 Å². The van der Waals surface area contributed by atoms with Crippen molar-refractivity contribution in [1.29, 1.82) is 0 Å². The summed E-state index contributed by atoms with van der Waals surface area (Å²) in [6.45, 7) is 0. The molecule has 43 heavy (non-hydrogen) atoms. The van der Waals surface area contributed by atoms with Gasteiger partial charge in [-0.25, -0.2) is 0 Å².